The maximum Gasteiger partial charge on any atom is 0.226 e. The van der Waals surface area contributed by atoms with E-state index < -0.39 is 0 Å². The number of benzene rings is 1. The number of thioether (sulfide) groups is 1. The summed E-state index contributed by atoms with van der Waals surface area (Å²) in [4.78, 5) is 12.7. The Labute approximate surface area is 127 Å². The number of anilines is 1. The Kier molecular flexibility index (Phi) is 5.80. The number of carbonyl (C=O) groups excluding carboxylic acids is 1. The Morgan fingerprint density at radius 1 is 1.38 bits per heavy atom. The van der Waals surface area contributed by atoms with Gasteiger partial charge >= 0.3 is 0 Å². The van der Waals surface area contributed by atoms with Crippen molar-refractivity contribution < 1.29 is 9.18 Å². The van der Waals surface area contributed by atoms with Crippen molar-refractivity contribution in [2.24, 2.45) is 0 Å². The van der Waals surface area contributed by atoms with Crippen molar-refractivity contribution in [2.75, 3.05) is 11.1 Å². The van der Waals surface area contributed by atoms with Gasteiger partial charge in [0.2, 0.25) is 5.91 Å². The number of halogens is 1. The van der Waals surface area contributed by atoms with Crippen LogP contribution in [-0.2, 0) is 11.2 Å². The van der Waals surface area contributed by atoms with Crippen molar-refractivity contribution >= 4 is 23.5 Å². The normalized spacial score (nSPS) is 10.6. The van der Waals surface area contributed by atoms with E-state index in [1.807, 2.05) is 6.07 Å². The van der Waals surface area contributed by atoms with Gasteiger partial charge in [0.25, 0.3) is 0 Å². The van der Waals surface area contributed by atoms with E-state index in [2.05, 4.69) is 22.4 Å². The quantitative estimate of drug-likeness (QED) is 0.768. The molecule has 0 aliphatic carbocycles. The van der Waals surface area contributed by atoms with E-state index in [0.717, 1.165) is 23.4 Å². The summed E-state index contributed by atoms with van der Waals surface area (Å²) in [6.07, 6.45) is 2.34. The van der Waals surface area contributed by atoms with Gasteiger partial charge in [-0.1, -0.05) is 13.3 Å². The number of rotatable bonds is 7. The predicted molar refractivity (Wildman–Crippen MR) is 83.0 cm³/mol. The Morgan fingerprint density at radius 3 is 2.86 bits per heavy atom. The lowest BCUT2D eigenvalue weighted by atomic mass is 10.2. The monoisotopic (exact) mass is 307 g/mol. The van der Waals surface area contributed by atoms with Gasteiger partial charge in [-0.3, -0.25) is 9.89 Å². The van der Waals surface area contributed by atoms with Crippen LogP contribution >= 0.6 is 11.8 Å². The van der Waals surface area contributed by atoms with Crippen LogP contribution in [0.2, 0.25) is 0 Å². The molecule has 0 atom stereocenters. The summed E-state index contributed by atoms with van der Waals surface area (Å²) in [5, 5.41) is 9.70. The molecular formula is C15H18FN3OS. The second-order valence-corrected chi connectivity index (χ2v) is 5.80. The standard InChI is InChI=1S/C15H18FN3OS/c1-2-3-12-10-14(19-18-12)17-15(20)8-9-21-13-6-4-11(16)5-7-13/h4-7,10H,2-3,8-9H2,1H3,(H2,17,18,19,20). The van der Waals surface area contributed by atoms with Gasteiger partial charge in [-0.25, -0.2) is 4.39 Å². The van der Waals surface area contributed by atoms with Crippen LogP contribution in [-0.4, -0.2) is 21.9 Å². The molecule has 6 heteroatoms. The van der Waals surface area contributed by atoms with Crippen LogP contribution < -0.4 is 5.32 Å². The lowest BCUT2D eigenvalue weighted by molar-refractivity contribution is -0.115. The molecule has 0 bridgehead atoms. The molecule has 0 unspecified atom stereocenters. The van der Waals surface area contributed by atoms with E-state index in [4.69, 9.17) is 0 Å². The fraction of sp³-hybridized carbons (Fsp3) is 0.333. The topological polar surface area (TPSA) is 57.8 Å². The molecule has 1 heterocycles. The largest absolute Gasteiger partial charge is 0.309 e. The Bertz CT molecular complexity index is 583. The summed E-state index contributed by atoms with van der Waals surface area (Å²) in [7, 11) is 0. The predicted octanol–water partition coefficient (Wildman–Crippen LogP) is 3.62. The van der Waals surface area contributed by atoms with E-state index in [9.17, 15) is 9.18 Å². The van der Waals surface area contributed by atoms with Gasteiger partial charge in [-0.2, -0.15) is 5.10 Å². The summed E-state index contributed by atoms with van der Waals surface area (Å²) < 4.78 is 12.8. The minimum Gasteiger partial charge on any atom is -0.309 e. The van der Waals surface area contributed by atoms with Gasteiger partial charge < -0.3 is 5.32 Å². The van der Waals surface area contributed by atoms with E-state index in [0.29, 0.717) is 18.0 Å². The summed E-state index contributed by atoms with van der Waals surface area (Å²) in [5.74, 6) is 0.886. The highest BCUT2D eigenvalue weighted by Crippen LogP contribution is 2.19. The number of nitrogens with zero attached hydrogens (tertiary/aromatic N) is 1. The van der Waals surface area contributed by atoms with Crippen molar-refractivity contribution in [1.82, 2.24) is 10.2 Å². The summed E-state index contributed by atoms with van der Waals surface area (Å²) in [5.41, 5.74) is 1.02. The van der Waals surface area contributed by atoms with Crippen LogP contribution in [0.5, 0.6) is 0 Å². The van der Waals surface area contributed by atoms with Crippen LogP contribution in [0.4, 0.5) is 10.2 Å². The van der Waals surface area contributed by atoms with Crippen molar-refractivity contribution in [3.8, 4) is 0 Å². The SMILES string of the molecule is CCCc1cc(NC(=O)CCSc2ccc(F)cc2)n[nH]1. The van der Waals surface area contributed by atoms with Crippen molar-refractivity contribution in [2.45, 2.75) is 31.1 Å². The zero-order valence-corrected chi connectivity index (χ0v) is 12.7. The maximum atomic E-state index is 12.8. The zero-order chi connectivity index (χ0) is 15.1. The summed E-state index contributed by atoms with van der Waals surface area (Å²) >= 11 is 1.53. The van der Waals surface area contributed by atoms with Crippen LogP contribution in [0, 0.1) is 5.82 Å². The van der Waals surface area contributed by atoms with Gasteiger partial charge in [0.1, 0.15) is 5.82 Å². The third-order valence-corrected chi connectivity index (χ3v) is 3.84. The average molecular weight is 307 g/mol. The van der Waals surface area contributed by atoms with Gasteiger partial charge in [0.05, 0.1) is 0 Å². The number of H-pyrrole nitrogens is 1. The molecule has 21 heavy (non-hydrogen) atoms. The molecule has 1 aromatic heterocycles. The number of amides is 1. The Morgan fingerprint density at radius 2 is 2.14 bits per heavy atom. The molecular weight excluding hydrogens is 289 g/mol. The van der Waals surface area contributed by atoms with Gasteiger partial charge in [0, 0.05) is 28.8 Å². The molecule has 112 valence electrons. The first-order chi connectivity index (χ1) is 10.2. The fourth-order valence-corrected chi connectivity index (χ4v) is 2.67. The molecule has 2 N–H and O–H groups in total. The first kappa shape index (κ1) is 15.6. The third-order valence-electron chi connectivity index (χ3n) is 2.83. The van der Waals surface area contributed by atoms with Crippen molar-refractivity contribution in [3.63, 3.8) is 0 Å². The number of aryl methyl sites for hydroxylation is 1. The van der Waals surface area contributed by atoms with Crippen molar-refractivity contribution in [3.05, 3.63) is 41.8 Å². The molecule has 2 rings (SSSR count). The van der Waals surface area contributed by atoms with Crippen LogP contribution in [0.15, 0.2) is 35.2 Å². The highest BCUT2D eigenvalue weighted by atomic mass is 32.2. The first-order valence-electron chi connectivity index (χ1n) is 6.90. The smallest absolute Gasteiger partial charge is 0.226 e. The molecule has 1 amide bonds. The van der Waals surface area contributed by atoms with Crippen LogP contribution in [0.1, 0.15) is 25.5 Å². The highest BCUT2D eigenvalue weighted by molar-refractivity contribution is 7.99. The van der Waals surface area contributed by atoms with E-state index in [-0.39, 0.29) is 11.7 Å². The molecule has 0 saturated carbocycles. The van der Waals surface area contributed by atoms with Gasteiger partial charge in [-0.05, 0) is 30.7 Å². The lowest BCUT2D eigenvalue weighted by Gasteiger charge is -2.02. The average Bonchev–Trinajstić information content (AvgIpc) is 2.89. The number of aromatic nitrogens is 2. The number of nitrogens with one attached hydrogen (secondary N) is 2. The highest BCUT2D eigenvalue weighted by Gasteiger charge is 2.06. The number of hydrogen-bond donors (Lipinski definition) is 2. The number of aromatic amines is 1. The van der Waals surface area contributed by atoms with Crippen LogP contribution in [0.3, 0.4) is 0 Å². The molecule has 0 fully saturated rings. The van der Waals surface area contributed by atoms with E-state index in [1.165, 1.54) is 23.9 Å². The Hall–Kier alpha value is -1.82. The molecule has 0 spiro atoms. The Balaban J connectivity index is 1.72. The first-order valence-corrected chi connectivity index (χ1v) is 7.88. The second kappa shape index (κ2) is 7.83. The van der Waals surface area contributed by atoms with Gasteiger partial charge in [0.15, 0.2) is 5.82 Å². The van der Waals surface area contributed by atoms with E-state index in [1.54, 1.807) is 12.1 Å². The molecule has 1 aromatic carbocycles. The molecule has 0 saturated heterocycles. The summed E-state index contributed by atoms with van der Waals surface area (Å²) in [6.45, 7) is 2.09. The maximum absolute atomic E-state index is 12.8. The van der Waals surface area contributed by atoms with Crippen LogP contribution in [0.25, 0.3) is 0 Å². The third kappa shape index (κ3) is 5.23. The molecule has 0 radical (unpaired) electrons. The van der Waals surface area contributed by atoms with Crippen molar-refractivity contribution in [1.29, 1.82) is 0 Å². The lowest BCUT2D eigenvalue weighted by Crippen LogP contribution is -2.12. The molecule has 0 aliphatic rings. The zero-order valence-electron chi connectivity index (χ0n) is 11.9. The number of carbonyl (C=O) groups is 1. The molecule has 0 aliphatic heterocycles. The molecule has 2 aromatic rings. The minimum absolute atomic E-state index is 0.0702. The van der Waals surface area contributed by atoms with E-state index >= 15 is 0 Å². The fourth-order valence-electron chi connectivity index (χ4n) is 1.82. The van der Waals surface area contributed by atoms with Gasteiger partial charge in [-0.15, -0.1) is 11.8 Å². The molecule has 4 nitrogen and oxygen atoms in total. The number of hydrogen-bond acceptors (Lipinski definition) is 3. The second-order valence-electron chi connectivity index (χ2n) is 4.63. The summed E-state index contributed by atoms with van der Waals surface area (Å²) in [6, 6.07) is 8.11. The minimum atomic E-state index is -0.251.